The molecule has 0 unspecified atom stereocenters. The van der Waals surface area contributed by atoms with Gasteiger partial charge in [-0.2, -0.15) is 0 Å². The van der Waals surface area contributed by atoms with E-state index in [2.05, 4.69) is 39.1 Å². The minimum Gasteiger partial charge on any atom is -0.324 e. The first-order valence-corrected chi connectivity index (χ1v) is 11.7. The Hall–Kier alpha value is -2.31. The number of hydrogen-bond donors (Lipinski definition) is 1. The van der Waals surface area contributed by atoms with Crippen LogP contribution in [-0.4, -0.2) is 26.4 Å². The van der Waals surface area contributed by atoms with E-state index in [0.29, 0.717) is 16.8 Å². The number of aryl methyl sites for hydroxylation is 1. The molecule has 0 radical (unpaired) electrons. The fourth-order valence-electron chi connectivity index (χ4n) is 3.93. The molecule has 30 heavy (non-hydrogen) atoms. The standard InChI is InChI=1S/C23H25ClN4OS/c1-16-9-5-6-12-18(16)22-26-27-23(28(22)17-10-3-2-4-11-17)30-15-21(29)25-20-14-8-7-13-19(20)24/h5-9,12-14,17H,2-4,10-11,15H2,1H3,(H,25,29). The highest BCUT2D eigenvalue weighted by Crippen LogP contribution is 2.36. The number of nitrogens with zero attached hydrogens (tertiary/aromatic N) is 3. The van der Waals surface area contributed by atoms with Crippen molar-refractivity contribution in [3.8, 4) is 11.4 Å². The molecule has 3 aromatic rings. The predicted molar refractivity (Wildman–Crippen MR) is 123 cm³/mol. The Kier molecular flexibility index (Phi) is 6.75. The van der Waals surface area contributed by atoms with E-state index in [1.54, 1.807) is 12.1 Å². The summed E-state index contributed by atoms with van der Waals surface area (Å²) in [5.41, 5.74) is 2.90. The average molecular weight is 441 g/mol. The van der Waals surface area contributed by atoms with E-state index in [1.165, 1.54) is 36.6 Å². The Morgan fingerprint density at radius 2 is 1.83 bits per heavy atom. The molecule has 156 valence electrons. The molecule has 1 aromatic heterocycles. The Morgan fingerprint density at radius 1 is 1.10 bits per heavy atom. The van der Waals surface area contributed by atoms with Gasteiger partial charge < -0.3 is 5.32 Å². The smallest absolute Gasteiger partial charge is 0.234 e. The molecular weight excluding hydrogens is 416 g/mol. The largest absolute Gasteiger partial charge is 0.324 e. The Morgan fingerprint density at radius 3 is 2.60 bits per heavy atom. The lowest BCUT2D eigenvalue weighted by Crippen LogP contribution is -2.17. The lowest BCUT2D eigenvalue weighted by atomic mass is 9.95. The highest BCUT2D eigenvalue weighted by molar-refractivity contribution is 7.99. The number of anilines is 1. The zero-order chi connectivity index (χ0) is 20.9. The molecule has 0 saturated heterocycles. The maximum atomic E-state index is 12.5. The minimum atomic E-state index is -0.108. The van der Waals surface area contributed by atoms with Gasteiger partial charge in [-0.3, -0.25) is 9.36 Å². The zero-order valence-corrected chi connectivity index (χ0v) is 18.5. The van der Waals surface area contributed by atoms with Gasteiger partial charge in [-0.1, -0.05) is 79.0 Å². The van der Waals surface area contributed by atoms with Crippen molar-refractivity contribution in [3.63, 3.8) is 0 Å². The monoisotopic (exact) mass is 440 g/mol. The highest BCUT2D eigenvalue weighted by atomic mass is 35.5. The van der Waals surface area contributed by atoms with Crippen LogP contribution in [0, 0.1) is 6.92 Å². The van der Waals surface area contributed by atoms with Crippen molar-refractivity contribution in [1.82, 2.24) is 14.8 Å². The molecule has 5 nitrogen and oxygen atoms in total. The van der Waals surface area contributed by atoms with Crippen LogP contribution in [0.4, 0.5) is 5.69 Å². The molecular formula is C23H25ClN4OS. The highest BCUT2D eigenvalue weighted by Gasteiger charge is 2.25. The van der Waals surface area contributed by atoms with Gasteiger partial charge in [0.2, 0.25) is 5.91 Å². The molecule has 0 bridgehead atoms. The molecule has 4 rings (SSSR count). The summed E-state index contributed by atoms with van der Waals surface area (Å²) in [6.45, 7) is 2.10. The van der Waals surface area contributed by atoms with Gasteiger partial charge in [0.25, 0.3) is 0 Å². The summed E-state index contributed by atoms with van der Waals surface area (Å²) in [5, 5.41) is 13.2. The summed E-state index contributed by atoms with van der Waals surface area (Å²) >= 11 is 7.58. The molecule has 1 heterocycles. The van der Waals surface area contributed by atoms with Crippen molar-refractivity contribution < 1.29 is 4.79 Å². The molecule has 0 spiro atoms. The van der Waals surface area contributed by atoms with Crippen LogP contribution in [0.2, 0.25) is 5.02 Å². The van der Waals surface area contributed by atoms with Gasteiger partial charge in [-0.25, -0.2) is 0 Å². The van der Waals surface area contributed by atoms with Crippen molar-refractivity contribution in [2.24, 2.45) is 0 Å². The van der Waals surface area contributed by atoms with Crippen molar-refractivity contribution in [2.45, 2.75) is 50.2 Å². The second kappa shape index (κ2) is 9.67. The van der Waals surface area contributed by atoms with Gasteiger partial charge in [0.15, 0.2) is 11.0 Å². The SMILES string of the molecule is Cc1ccccc1-c1nnc(SCC(=O)Nc2ccccc2Cl)n1C1CCCCC1. The number of rotatable bonds is 6. The molecule has 1 fully saturated rings. The van der Waals surface area contributed by atoms with E-state index >= 15 is 0 Å². The van der Waals surface area contributed by atoms with Crippen molar-refractivity contribution in [1.29, 1.82) is 0 Å². The number of hydrogen-bond acceptors (Lipinski definition) is 4. The van der Waals surface area contributed by atoms with Crippen LogP contribution in [0.1, 0.15) is 43.7 Å². The van der Waals surface area contributed by atoms with Gasteiger partial charge in [0.05, 0.1) is 16.5 Å². The third kappa shape index (κ3) is 4.71. The maximum Gasteiger partial charge on any atom is 0.234 e. The Labute approximate surface area is 186 Å². The summed E-state index contributed by atoms with van der Waals surface area (Å²) in [6, 6.07) is 15.9. The summed E-state index contributed by atoms with van der Waals surface area (Å²) < 4.78 is 2.26. The number of aromatic nitrogens is 3. The molecule has 2 aromatic carbocycles. The number of thioether (sulfide) groups is 1. The van der Waals surface area contributed by atoms with Crippen LogP contribution < -0.4 is 5.32 Å². The van der Waals surface area contributed by atoms with E-state index < -0.39 is 0 Å². The Bertz CT molecular complexity index is 1030. The topological polar surface area (TPSA) is 59.8 Å². The van der Waals surface area contributed by atoms with Gasteiger partial charge in [-0.15, -0.1) is 10.2 Å². The lowest BCUT2D eigenvalue weighted by Gasteiger charge is -2.26. The first kappa shape index (κ1) is 20.9. The third-order valence-corrected chi connectivity index (χ3v) is 6.74. The second-order valence-corrected chi connectivity index (χ2v) is 8.95. The fourth-order valence-corrected chi connectivity index (χ4v) is 4.92. The van der Waals surface area contributed by atoms with Crippen LogP contribution >= 0.6 is 23.4 Å². The first-order chi connectivity index (χ1) is 14.6. The number of amides is 1. The summed E-state index contributed by atoms with van der Waals surface area (Å²) in [6.07, 6.45) is 5.95. The predicted octanol–water partition coefficient (Wildman–Crippen LogP) is 6.14. The Balaban J connectivity index is 1.56. The fraction of sp³-hybridized carbons (Fsp3) is 0.348. The zero-order valence-electron chi connectivity index (χ0n) is 17.0. The number of benzene rings is 2. The molecule has 0 atom stereocenters. The molecule has 1 aliphatic carbocycles. The van der Waals surface area contributed by atoms with Gasteiger partial charge >= 0.3 is 0 Å². The van der Waals surface area contributed by atoms with Crippen LogP contribution in [0.15, 0.2) is 53.7 Å². The number of carbonyl (C=O) groups is 1. The van der Waals surface area contributed by atoms with Crippen LogP contribution in [0.3, 0.4) is 0 Å². The maximum absolute atomic E-state index is 12.5. The first-order valence-electron chi connectivity index (χ1n) is 10.3. The van der Waals surface area contributed by atoms with E-state index in [4.69, 9.17) is 11.6 Å². The van der Waals surface area contributed by atoms with Crippen molar-refractivity contribution in [2.75, 3.05) is 11.1 Å². The third-order valence-electron chi connectivity index (χ3n) is 5.47. The second-order valence-electron chi connectivity index (χ2n) is 7.60. The summed E-state index contributed by atoms with van der Waals surface area (Å²) in [7, 11) is 0. The number of para-hydroxylation sites is 1. The van der Waals surface area contributed by atoms with Crippen molar-refractivity contribution in [3.05, 3.63) is 59.1 Å². The molecule has 1 N–H and O–H groups in total. The molecule has 0 aliphatic heterocycles. The van der Waals surface area contributed by atoms with Gasteiger partial charge in [0, 0.05) is 11.6 Å². The van der Waals surface area contributed by atoms with Crippen LogP contribution in [-0.2, 0) is 4.79 Å². The molecule has 1 aliphatic rings. The number of halogens is 1. The molecule has 7 heteroatoms. The van der Waals surface area contributed by atoms with E-state index in [9.17, 15) is 4.79 Å². The van der Waals surface area contributed by atoms with E-state index in [-0.39, 0.29) is 11.7 Å². The minimum absolute atomic E-state index is 0.108. The summed E-state index contributed by atoms with van der Waals surface area (Å²) in [5.74, 6) is 1.04. The summed E-state index contributed by atoms with van der Waals surface area (Å²) in [4.78, 5) is 12.5. The van der Waals surface area contributed by atoms with Gasteiger partial charge in [0.1, 0.15) is 0 Å². The number of nitrogens with one attached hydrogen (secondary N) is 1. The van der Waals surface area contributed by atoms with Crippen LogP contribution in [0.25, 0.3) is 11.4 Å². The van der Waals surface area contributed by atoms with Gasteiger partial charge in [-0.05, 0) is 37.5 Å². The molecule has 1 amide bonds. The lowest BCUT2D eigenvalue weighted by molar-refractivity contribution is -0.113. The number of carbonyl (C=O) groups excluding carboxylic acids is 1. The van der Waals surface area contributed by atoms with E-state index in [1.807, 2.05) is 24.3 Å². The molecule has 1 saturated carbocycles. The normalized spacial score (nSPS) is 14.6. The quantitative estimate of drug-likeness (QED) is 0.467. The van der Waals surface area contributed by atoms with Crippen molar-refractivity contribution >= 4 is 35.0 Å². The van der Waals surface area contributed by atoms with Crippen LogP contribution in [0.5, 0.6) is 0 Å². The van der Waals surface area contributed by atoms with E-state index in [0.717, 1.165) is 29.4 Å². The average Bonchev–Trinajstić information content (AvgIpc) is 3.18.